The van der Waals surface area contributed by atoms with Crippen molar-refractivity contribution in [1.82, 2.24) is 15.1 Å². The Morgan fingerprint density at radius 2 is 1.87 bits per heavy atom. The van der Waals surface area contributed by atoms with Crippen LogP contribution >= 0.6 is 11.3 Å². The Morgan fingerprint density at radius 1 is 1.13 bits per heavy atom. The van der Waals surface area contributed by atoms with Crippen molar-refractivity contribution in [2.45, 2.75) is 57.5 Å². The molecule has 2 heterocycles. The number of rotatable bonds is 8. The van der Waals surface area contributed by atoms with Gasteiger partial charge in [0.1, 0.15) is 0 Å². The van der Waals surface area contributed by atoms with E-state index in [-0.39, 0.29) is 29.8 Å². The topological polar surface area (TPSA) is 52.7 Å². The molecule has 0 saturated heterocycles. The Morgan fingerprint density at radius 3 is 2.55 bits per heavy atom. The average molecular weight is 440 g/mol. The van der Waals surface area contributed by atoms with Crippen molar-refractivity contribution >= 4 is 23.2 Å². The Labute approximate surface area is 189 Å². The maximum atomic E-state index is 13.7. The van der Waals surface area contributed by atoms with Crippen molar-refractivity contribution < 1.29 is 9.59 Å². The summed E-state index contributed by atoms with van der Waals surface area (Å²) in [6.07, 6.45) is 4.33. The first-order valence-electron chi connectivity index (χ1n) is 11.6. The van der Waals surface area contributed by atoms with Crippen LogP contribution in [0, 0.1) is 0 Å². The van der Waals surface area contributed by atoms with E-state index in [0.717, 1.165) is 55.8 Å². The maximum Gasteiger partial charge on any atom is 0.254 e. The fourth-order valence-corrected chi connectivity index (χ4v) is 6.03. The number of hydrogen-bond acceptors (Lipinski definition) is 4. The van der Waals surface area contributed by atoms with E-state index in [2.05, 4.69) is 35.0 Å². The van der Waals surface area contributed by atoms with Crippen LogP contribution in [0.4, 0.5) is 0 Å². The van der Waals surface area contributed by atoms with E-state index in [4.69, 9.17) is 0 Å². The van der Waals surface area contributed by atoms with Crippen molar-refractivity contribution in [2.24, 2.45) is 0 Å². The molecule has 1 aliphatic heterocycles. The molecule has 1 saturated carbocycles. The SMILES string of the molecule is CCN(CC)CCNC(=O)[C@@H]1c2ccccc2C(=O)N(C2CCCC2)[C@@H]1c1cccs1. The normalized spacial score (nSPS) is 21.5. The molecule has 166 valence electrons. The zero-order valence-corrected chi connectivity index (χ0v) is 19.4. The van der Waals surface area contributed by atoms with Crippen LogP contribution in [0.5, 0.6) is 0 Å². The molecule has 1 fully saturated rings. The summed E-state index contributed by atoms with van der Waals surface area (Å²) in [6.45, 7) is 7.68. The molecule has 1 aliphatic carbocycles. The van der Waals surface area contributed by atoms with Gasteiger partial charge in [-0.3, -0.25) is 9.59 Å². The first-order valence-corrected chi connectivity index (χ1v) is 12.5. The smallest absolute Gasteiger partial charge is 0.254 e. The highest BCUT2D eigenvalue weighted by atomic mass is 32.1. The molecule has 2 aliphatic rings. The summed E-state index contributed by atoms with van der Waals surface area (Å²) < 4.78 is 0. The number of hydrogen-bond donors (Lipinski definition) is 1. The van der Waals surface area contributed by atoms with Crippen molar-refractivity contribution in [1.29, 1.82) is 0 Å². The molecule has 1 N–H and O–H groups in total. The monoisotopic (exact) mass is 439 g/mol. The summed E-state index contributed by atoms with van der Waals surface area (Å²) in [6, 6.07) is 11.8. The number of amides is 2. The lowest BCUT2D eigenvalue weighted by Gasteiger charge is -2.44. The van der Waals surface area contributed by atoms with E-state index in [1.165, 1.54) is 0 Å². The van der Waals surface area contributed by atoms with Gasteiger partial charge < -0.3 is 15.1 Å². The maximum absolute atomic E-state index is 13.7. The summed E-state index contributed by atoms with van der Waals surface area (Å²) in [7, 11) is 0. The van der Waals surface area contributed by atoms with Crippen LogP contribution in [0.2, 0.25) is 0 Å². The van der Waals surface area contributed by atoms with Gasteiger partial charge in [0.25, 0.3) is 5.91 Å². The van der Waals surface area contributed by atoms with Crippen molar-refractivity contribution in [3.8, 4) is 0 Å². The molecule has 1 aromatic carbocycles. The highest BCUT2D eigenvalue weighted by molar-refractivity contribution is 7.10. The lowest BCUT2D eigenvalue weighted by atomic mass is 9.80. The van der Waals surface area contributed by atoms with Gasteiger partial charge in [0.05, 0.1) is 12.0 Å². The van der Waals surface area contributed by atoms with E-state index in [0.29, 0.717) is 12.1 Å². The summed E-state index contributed by atoms with van der Waals surface area (Å²) in [5.74, 6) is -0.286. The molecule has 2 aromatic rings. The molecule has 2 atom stereocenters. The molecule has 31 heavy (non-hydrogen) atoms. The zero-order valence-electron chi connectivity index (χ0n) is 18.5. The summed E-state index contributed by atoms with van der Waals surface area (Å²) in [4.78, 5) is 32.7. The largest absolute Gasteiger partial charge is 0.354 e. The van der Waals surface area contributed by atoms with Crippen LogP contribution < -0.4 is 5.32 Å². The minimum atomic E-state index is -0.384. The number of likely N-dealkylation sites (N-methyl/N-ethyl adjacent to an activating group) is 1. The van der Waals surface area contributed by atoms with Crippen molar-refractivity contribution in [2.75, 3.05) is 26.2 Å². The molecule has 0 spiro atoms. The molecule has 2 amide bonds. The Kier molecular flexibility index (Phi) is 7.08. The highest BCUT2D eigenvalue weighted by Gasteiger charge is 2.47. The summed E-state index contributed by atoms with van der Waals surface area (Å²) in [5.41, 5.74) is 1.55. The molecule has 0 radical (unpaired) electrons. The highest BCUT2D eigenvalue weighted by Crippen LogP contribution is 2.47. The van der Waals surface area contributed by atoms with E-state index < -0.39 is 0 Å². The zero-order chi connectivity index (χ0) is 21.8. The third-order valence-corrected chi connectivity index (χ3v) is 7.78. The number of thiophene rings is 1. The second kappa shape index (κ2) is 9.96. The van der Waals surface area contributed by atoms with Gasteiger partial charge in [-0.05, 0) is 49.0 Å². The third kappa shape index (κ3) is 4.41. The molecule has 0 bridgehead atoms. The standard InChI is InChI=1S/C25H33N3O2S/c1-3-27(4-2)16-15-26-24(29)22-19-12-7-8-13-20(19)25(30)28(18-10-5-6-11-18)23(22)21-14-9-17-31-21/h7-9,12-14,17-18,22-23H,3-6,10-11,15-16H2,1-2H3,(H,26,29)/t22-,23-/m1/s1. The summed E-state index contributed by atoms with van der Waals surface area (Å²) >= 11 is 1.64. The molecule has 4 rings (SSSR count). The fraction of sp³-hybridized carbons (Fsp3) is 0.520. The van der Waals surface area contributed by atoms with Crippen molar-refractivity contribution in [3.05, 3.63) is 57.8 Å². The fourth-order valence-electron chi connectivity index (χ4n) is 5.17. The van der Waals surface area contributed by atoms with Crippen LogP contribution in [0.15, 0.2) is 41.8 Å². The van der Waals surface area contributed by atoms with Crippen LogP contribution in [-0.4, -0.2) is 53.8 Å². The number of nitrogens with zero attached hydrogens (tertiary/aromatic N) is 2. The lowest BCUT2D eigenvalue weighted by molar-refractivity contribution is -0.124. The van der Waals surface area contributed by atoms with Gasteiger partial charge in [-0.2, -0.15) is 0 Å². The van der Waals surface area contributed by atoms with Gasteiger partial charge in [-0.25, -0.2) is 0 Å². The Bertz CT molecular complexity index is 888. The molecular weight excluding hydrogens is 406 g/mol. The molecular formula is C25H33N3O2S. The second-order valence-corrected chi connectivity index (χ2v) is 9.47. The number of carbonyl (C=O) groups excluding carboxylic acids is 2. The predicted molar refractivity (Wildman–Crippen MR) is 125 cm³/mol. The summed E-state index contributed by atoms with van der Waals surface area (Å²) in [5, 5.41) is 5.24. The van der Waals surface area contributed by atoms with Crippen LogP contribution in [0.3, 0.4) is 0 Å². The second-order valence-electron chi connectivity index (χ2n) is 8.49. The van der Waals surface area contributed by atoms with E-state index in [1.54, 1.807) is 11.3 Å². The third-order valence-electron chi connectivity index (χ3n) is 6.83. The number of carbonyl (C=O) groups is 2. The minimum Gasteiger partial charge on any atom is -0.354 e. The van der Waals surface area contributed by atoms with Crippen LogP contribution in [-0.2, 0) is 4.79 Å². The first-order chi connectivity index (χ1) is 15.2. The predicted octanol–water partition coefficient (Wildman–Crippen LogP) is 4.43. The molecule has 5 nitrogen and oxygen atoms in total. The number of nitrogens with one attached hydrogen (secondary N) is 1. The van der Waals surface area contributed by atoms with Crippen LogP contribution in [0.25, 0.3) is 0 Å². The number of fused-ring (bicyclic) bond motifs is 1. The first kappa shape index (κ1) is 22.0. The van der Waals surface area contributed by atoms with E-state index >= 15 is 0 Å². The van der Waals surface area contributed by atoms with Gasteiger partial charge in [-0.15, -0.1) is 11.3 Å². The minimum absolute atomic E-state index is 0.0218. The Hall–Kier alpha value is -2.18. The molecule has 6 heteroatoms. The quantitative estimate of drug-likeness (QED) is 0.662. The lowest BCUT2D eigenvalue weighted by Crippen LogP contribution is -2.51. The molecule has 0 unspecified atom stereocenters. The van der Waals surface area contributed by atoms with Gasteiger partial charge in [0.2, 0.25) is 5.91 Å². The van der Waals surface area contributed by atoms with Crippen molar-refractivity contribution in [3.63, 3.8) is 0 Å². The number of benzene rings is 1. The van der Waals surface area contributed by atoms with E-state index in [9.17, 15) is 9.59 Å². The van der Waals surface area contributed by atoms with Gasteiger partial charge in [-0.1, -0.05) is 51.0 Å². The van der Waals surface area contributed by atoms with E-state index in [1.807, 2.05) is 35.7 Å². The molecule has 1 aromatic heterocycles. The Balaban J connectivity index is 1.69. The van der Waals surface area contributed by atoms with Crippen LogP contribution in [0.1, 0.15) is 72.3 Å². The average Bonchev–Trinajstić information content (AvgIpc) is 3.51. The van der Waals surface area contributed by atoms with Gasteiger partial charge in [0.15, 0.2) is 0 Å². The van der Waals surface area contributed by atoms with Gasteiger partial charge >= 0.3 is 0 Å². The van der Waals surface area contributed by atoms with Gasteiger partial charge in [0, 0.05) is 29.6 Å².